The van der Waals surface area contributed by atoms with Gasteiger partial charge in [-0.05, 0) is 38.3 Å². The highest BCUT2D eigenvalue weighted by atomic mass is 16.2. The van der Waals surface area contributed by atoms with Gasteiger partial charge < -0.3 is 4.90 Å². The van der Waals surface area contributed by atoms with Gasteiger partial charge in [-0.15, -0.1) is 0 Å². The van der Waals surface area contributed by atoms with Crippen LogP contribution in [0.25, 0.3) is 0 Å². The molecule has 2 heteroatoms. The zero-order valence-corrected chi connectivity index (χ0v) is 9.70. The first-order valence-electron chi connectivity index (χ1n) is 5.75. The average Bonchev–Trinajstić information content (AvgIpc) is 2.30. The van der Waals surface area contributed by atoms with Crippen molar-refractivity contribution in [2.45, 2.75) is 26.2 Å². The molecule has 0 saturated carbocycles. The van der Waals surface area contributed by atoms with Gasteiger partial charge in [-0.3, -0.25) is 4.79 Å². The predicted octanol–water partition coefficient (Wildman–Crippen LogP) is 3.13. The van der Waals surface area contributed by atoms with E-state index < -0.39 is 0 Å². The maximum absolute atomic E-state index is 12.2. The first-order valence-corrected chi connectivity index (χ1v) is 5.75. The summed E-state index contributed by atoms with van der Waals surface area (Å²) in [5.74, 6) is 0.0877. The molecule has 0 bridgehead atoms. The number of piperidine rings is 1. The zero-order valence-electron chi connectivity index (χ0n) is 9.70. The van der Waals surface area contributed by atoms with Gasteiger partial charge in [0.1, 0.15) is 0 Å². The quantitative estimate of drug-likeness (QED) is 0.704. The Hall–Kier alpha value is -1.57. The van der Waals surface area contributed by atoms with Gasteiger partial charge in [0.05, 0.1) is 0 Å². The van der Waals surface area contributed by atoms with Crippen LogP contribution in [0.1, 0.15) is 35.2 Å². The summed E-state index contributed by atoms with van der Waals surface area (Å²) in [6, 6.07) is 7.72. The van der Waals surface area contributed by atoms with Gasteiger partial charge in [0.2, 0.25) is 0 Å². The third kappa shape index (κ3) is 2.16. The summed E-state index contributed by atoms with van der Waals surface area (Å²) in [7, 11) is 0. The standard InChI is InChI=1S/C14H17NO/c1-11-6-8-13(9-7-11)14(16)15-10-4-3-5-12(15)2/h6-9H,2-5,10H2,1H3. The molecule has 1 aromatic rings. The highest BCUT2D eigenvalue weighted by molar-refractivity contribution is 5.95. The Morgan fingerprint density at radius 1 is 1.25 bits per heavy atom. The second-order valence-electron chi connectivity index (χ2n) is 4.35. The van der Waals surface area contributed by atoms with E-state index in [2.05, 4.69) is 6.58 Å². The molecule has 1 saturated heterocycles. The van der Waals surface area contributed by atoms with Crippen LogP contribution in [0.3, 0.4) is 0 Å². The van der Waals surface area contributed by atoms with Crippen molar-refractivity contribution in [2.24, 2.45) is 0 Å². The van der Waals surface area contributed by atoms with Crippen LogP contribution in [0.2, 0.25) is 0 Å². The molecule has 1 aromatic carbocycles. The first-order chi connectivity index (χ1) is 7.68. The molecule has 1 fully saturated rings. The van der Waals surface area contributed by atoms with Crippen LogP contribution in [0.5, 0.6) is 0 Å². The summed E-state index contributed by atoms with van der Waals surface area (Å²) >= 11 is 0. The summed E-state index contributed by atoms with van der Waals surface area (Å²) in [5.41, 5.74) is 2.89. The fourth-order valence-electron chi connectivity index (χ4n) is 1.99. The summed E-state index contributed by atoms with van der Waals surface area (Å²) in [6.45, 7) is 6.80. The van der Waals surface area contributed by atoms with Crippen LogP contribution in [0, 0.1) is 6.92 Å². The van der Waals surface area contributed by atoms with Crippen molar-refractivity contribution in [3.05, 3.63) is 47.7 Å². The molecule has 1 amide bonds. The molecule has 0 N–H and O–H groups in total. The molecule has 2 rings (SSSR count). The molecule has 0 spiro atoms. The minimum absolute atomic E-state index is 0.0877. The molecule has 0 atom stereocenters. The van der Waals surface area contributed by atoms with E-state index in [0.29, 0.717) is 0 Å². The predicted molar refractivity (Wildman–Crippen MR) is 65.2 cm³/mol. The highest BCUT2D eigenvalue weighted by Gasteiger charge is 2.20. The molecule has 1 aliphatic heterocycles. The summed E-state index contributed by atoms with van der Waals surface area (Å²) in [4.78, 5) is 14.0. The van der Waals surface area contributed by atoms with Crippen LogP contribution < -0.4 is 0 Å². The summed E-state index contributed by atoms with van der Waals surface area (Å²) < 4.78 is 0. The van der Waals surface area contributed by atoms with Gasteiger partial charge in [0.25, 0.3) is 5.91 Å². The van der Waals surface area contributed by atoms with Crippen molar-refractivity contribution >= 4 is 5.91 Å². The van der Waals surface area contributed by atoms with Crippen molar-refractivity contribution in [3.63, 3.8) is 0 Å². The molecular formula is C14H17NO. The van der Waals surface area contributed by atoms with Gasteiger partial charge in [0.15, 0.2) is 0 Å². The van der Waals surface area contributed by atoms with Gasteiger partial charge in [-0.2, -0.15) is 0 Å². The number of rotatable bonds is 1. The number of likely N-dealkylation sites (tertiary alicyclic amines) is 1. The Bertz CT molecular complexity index is 405. The van der Waals surface area contributed by atoms with E-state index in [0.717, 1.165) is 37.1 Å². The van der Waals surface area contributed by atoms with E-state index in [1.165, 1.54) is 5.56 Å². The molecular weight excluding hydrogens is 198 g/mol. The lowest BCUT2D eigenvalue weighted by atomic mass is 10.1. The van der Waals surface area contributed by atoms with Gasteiger partial charge in [0, 0.05) is 17.8 Å². The smallest absolute Gasteiger partial charge is 0.257 e. The number of carbonyl (C=O) groups is 1. The normalized spacial score (nSPS) is 16.3. The Morgan fingerprint density at radius 3 is 2.56 bits per heavy atom. The van der Waals surface area contributed by atoms with Crippen LogP contribution >= 0.6 is 0 Å². The van der Waals surface area contributed by atoms with Crippen LogP contribution in [-0.2, 0) is 0 Å². The van der Waals surface area contributed by atoms with Crippen molar-refractivity contribution in [2.75, 3.05) is 6.54 Å². The van der Waals surface area contributed by atoms with Crippen molar-refractivity contribution in [3.8, 4) is 0 Å². The zero-order chi connectivity index (χ0) is 11.5. The SMILES string of the molecule is C=C1CCCCN1C(=O)c1ccc(C)cc1. The minimum Gasteiger partial charge on any atom is -0.313 e. The number of aryl methyl sites for hydroxylation is 1. The average molecular weight is 215 g/mol. The Kier molecular flexibility index (Phi) is 3.09. The molecule has 1 heterocycles. The second kappa shape index (κ2) is 4.52. The molecule has 0 aliphatic carbocycles. The number of hydrogen-bond donors (Lipinski definition) is 0. The van der Waals surface area contributed by atoms with Gasteiger partial charge >= 0.3 is 0 Å². The van der Waals surface area contributed by atoms with Crippen LogP contribution in [0.15, 0.2) is 36.5 Å². The Balaban J connectivity index is 2.17. The van der Waals surface area contributed by atoms with E-state index in [4.69, 9.17) is 0 Å². The van der Waals surface area contributed by atoms with Crippen LogP contribution in [-0.4, -0.2) is 17.4 Å². The van der Waals surface area contributed by atoms with Gasteiger partial charge in [-0.1, -0.05) is 24.3 Å². The first kappa shape index (κ1) is 10.9. The molecule has 1 aliphatic rings. The highest BCUT2D eigenvalue weighted by Crippen LogP contribution is 2.21. The number of allylic oxidation sites excluding steroid dienone is 1. The maximum atomic E-state index is 12.2. The number of nitrogens with zero attached hydrogens (tertiary/aromatic N) is 1. The maximum Gasteiger partial charge on any atom is 0.257 e. The van der Waals surface area contributed by atoms with E-state index in [1.54, 1.807) is 0 Å². The molecule has 0 radical (unpaired) electrons. The van der Waals surface area contributed by atoms with Crippen molar-refractivity contribution in [1.82, 2.24) is 4.90 Å². The molecule has 0 aromatic heterocycles. The third-order valence-electron chi connectivity index (χ3n) is 3.02. The second-order valence-corrected chi connectivity index (χ2v) is 4.35. The number of hydrogen-bond acceptors (Lipinski definition) is 1. The Morgan fingerprint density at radius 2 is 1.94 bits per heavy atom. The Labute approximate surface area is 96.6 Å². The molecule has 2 nitrogen and oxygen atoms in total. The topological polar surface area (TPSA) is 20.3 Å². The molecule has 84 valence electrons. The number of benzene rings is 1. The molecule has 0 unspecified atom stereocenters. The van der Waals surface area contributed by atoms with Gasteiger partial charge in [-0.25, -0.2) is 0 Å². The van der Waals surface area contributed by atoms with E-state index in [-0.39, 0.29) is 5.91 Å². The number of amides is 1. The lowest BCUT2D eigenvalue weighted by Crippen LogP contribution is -2.33. The van der Waals surface area contributed by atoms with Crippen molar-refractivity contribution < 1.29 is 4.79 Å². The lowest BCUT2D eigenvalue weighted by Gasteiger charge is -2.29. The van der Waals surface area contributed by atoms with E-state index in [1.807, 2.05) is 36.1 Å². The van der Waals surface area contributed by atoms with E-state index in [9.17, 15) is 4.79 Å². The minimum atomic E-state index is 0.0877. The number of carbonyl (C=O) groups excluding carboxylic acids is 1. The molecule has 16 heavy (non-hydrogen) atoms. The monoisotopic (exact) mass is 215 g/mol. The van der Waals surface area contributed by atoms with Crippen LogP contribution in [0.4, 0.5) is 0 Å². The largest absolute Gasteiger partial charge is 0.313 e. The van der Waals surface area contributed by atoms with E-state index >= 15 is 0 Å². The van der Waals surface area contributed by atoms with Crippen molar-refractivity contribution in [1.29, 1.82) is 0 Å². The fourth-order valence-corrected chi connectivity index (χ4v) is 1.99. The lowest BCUT2D eigenvalue weighted by molar-refractivity contribution is 0.0783. The summed E-state index contributed by atoms with van der Waals surface area (Å²) in [5, 5.41) is 0. The fraction of sp³-hybridized carbons (Fsp3) is 0.357. The third-order valence-corrected chi connectivity index (χ3v) is 3.02. The summed E-state index contributed by atoms with van der Waals surface area (Å²) in [6.07, 6.45) is 3.17.